The Kier molecular flexibility index (Phi) is 3.31. The first-order chi connectivity index (χ1) is 10.4. The third-order valence-corrected chi connectivity index (χ3v) is 3.49. The van der Waals surface area contributed by atoms with E-state index in [0.717, 1.165) is 22.3 Å². The smallest absolute Gasteiger partial charge is 0.164 e. The minimum atomic E-state index is -0.253. The summed E-state index contributed by atoms with van der Waals surface area (Å²) in [5, 5.41) is 5.45. The van der Waals surface area contributed by atoms with E-state index in [1.54, 1.807) is 12.1 Å². The lowest BCUT2D eigenvalue weighted by Gasteiger charge is -2.19. The van der Waals surface area contributed by atoms with Crippen LogP contribution < -0.4 is 5.73 Å². The predicted molar refractivity (Wildman–Crippen MR) is 83.9 cm³/mol. The van der Waals surface area contributed by atoms with E-state index in [9.17, 15) is 4.39 Å². The topological polar surface area (TPSA) is 69.6 Å². The number of anilines is 1. The van der Waals surface area contributed by atoms with Crippen LogP contribution in [-0.2, 0) is 12.0 Å². The molecule has 0 radical (unpaired) electrons. The van der Waals surface area contributed by atoms with Gasteiger partial charge in [0.25, 0.3) is 0 Å². The number of hydrogen-bond acceptors (Lipinski definition) is 4. The molecule has 0 amide bonds. The lowest BCUT2D eigenvalue weighted by Crippen LogP contribution is -2.23. The van der Waals surface area contributed by atoms with Gasteiger partial charge in [-0.2, -0.15) is 5.10 Å². The molecule has 2 heterocycles. The molecule has 3 aromatic rings. The zero-order valence-electron chi connectivity index (χ0n) is 12.8. The molecule has 0 saturated carbocycles. The van der Waals surface area contributed by atoms with E-state index < -0.39 is 0 Å². The van der Waals surface area contributed by atoms with Gasteiger partial charge in [0.05, 0.1) is 16.6 Å². The fourth-order valence-electron chi connectivity index (χ4n) is 2.43. The van der Waals surface area contributed by atoms with Gasteiger partial charge in [0.15, 0.2) is 5.65 Å². The van der Waals surface area contributed by atoms with E-state index in [1.807, 2.05) is 4.68 Å². The molecule has 2 aromatic heterocycles. The molecule has 6 heteroatoms. The number of nitrogen functional groups attached to an aromatic ring is 1. The fraction of sp³-hybridized carbons (Fsp3) is 0.312. The maximum absolute atomic E-state index is 13.0. The van der Waals surface area contributed by atoms with Gasteiger partial charge in [-0.3, -0.25) is 0 Å². The van der Waals surface area contributed by atoms with Gasteiger partial charge in [-0.25, -0.2) is 19.0 Å². The number of nitrogens with zero attached hydrogens (tertiary/aromatic N) is 4. The number of rotatable bonds is 2. The van der Waals surface area contributed by atoms with Crippen LogP contribution in [0.1, 0.15) is 32.0 Å². The molecule has 0 aliphatic carbocycles. The van der Waals surface area contributed by atoms with Crippen molar-refractivity contribution < 1.29 is 4.39 Å². The van der Waals surface area contributed by atoms with Crippen LogP contribution in [0.2, 0.25) is 0 Å². The molecular weight excluding hydrogens is 281 g/mol. The van der Waals surface area contributed by atoms with Crippen molar-refractivity contribution in [2.24, 2.45) is 0 Å². The molecule has 0 spiro atoms. The molecule has 2 N–H and O–H groups in total. The normalized spacial score (nSPS) is 12.0. The zero-order valence-corrected chi connectivity index (χ0v) is 12.8. The predicted octanol–water partition coefficient (Wildman–Crippen LogP) is 2.89. The Labute approximate surface area is 128 Å². The Morgan fingerprint density at radius 3 is 2.45 bits per heavy atom. The highest BCUT2D eigenvalue weighted by molar-refractivity contribution is 5.88. The number of aromatic nitrogens is 4. The van der Waals surface area contributed by atoms with Crippen LogP contribution in [0.25, 0.3) is 11.0 Å². The summed E-state index contributed by atoms with van der Waals surface area (Å²) in [6, 6.07) is 6.38. The van der Waals surface area contributed by atoms with Gasteiger partial charge in [-0.1, -0.05) is 12.1 Å². The average molecular weight is 299 g/mol. The zero-order chi connectivity index (χ0) is 15.9. The molecule has 22 heavy (non-hydrogen) atoms. The Balaban J connectivity index is 2.15. The number of benzene rings is 1. The van der Waals surface area contributed by atoms with Gasteiger partial charge in [0.1, 0.15) is 18.0 Å². The second kappa shape index (κ2) is 5.05. The first kappa shape index (κ1) is 14.4. The van der Waals surface area contributed by atoms with Gasteiger partial charge >= 0.3 is 0 Å². The van der Waals surface area contributed by atoms with Crippen LogP contribution in [0.15, 0.2) is 30.6 Å². The maximum Gasteiger partial charge on any atom is 0.164 e. The molecule has 0 bridgehead atoms. The summed E-state index contributed by atoms with van der Waals surface area (Å²) in [5.41, 5.74) is 8.29. The summed E-state index contributed by atoms with van der Waals surface area (Å²) in [6.45, 7) is 6.16. The SMILES string of the molecule is CC(C)(C)n1nc(Cc2ccc(F)cc2)c2c(N)ncnc21. The first-order valence-electron chi connectivity index (χ1n) is 7.09. The summed E-state index contributed by atoms with van der Waals surface area (Å²) < 4.78 is 14.9. The Bertz CT molecular complexity index is 815. The summed E-state index contributed by atoms with van der Waals surface area (Å²) in [7, 11) is 0. The number of fused-ring (bicyclic) bond motifs is 1. The number of nitrogens with two attached hydrogens (primary N) is 1. The molecule has 0 fully saturated rings. The molecule has 1 aromatic carbocycles. The minimum Gasteiger partial charge on any atom is -0.383 e. The quantitative estimate of drug-likeness (QED) is 0.790. The van der Waals surface area contributed by atoms with E-state index in [4.69, 9.17) is 5.73 Å². The van der Waals surface area contributed by atoms with Gasteiger partial charge in [-0.05, 0) is 38.5 Å². The summed E-state index contributed by atoms with van der Waals surface area (Å²) in [4.78, 5) is 8.41. The fourth-order valence-corrected chi connectivity index (χ4v) is 2.43. The first-order valence-corrected chi connectivity index (χ1v) is 7.09. The highest BCUT2D eigenvalue weighted by Crippen LogP contribution is 2.27. The third-order valence-electron chi connectivity index (χ3n) is 3.49. The molecule has 0 aliphatic rings. The Hall–Kier alpha value is -2.50. The van der Waals surface area contributed by atoms with E-state index in [1.165, 1.54) is 18.5 Å². The van der Waals surface area contributed by atoms with E-state index in [-0.39, 0.29) is 11.4 Å². The van der Waals surface area contributed by atoms with Crippen molar-refractivity contribution in [3.63, 3.8) is 0 Å². The number of hydrogen-bond donors (Lipinski definition) is 1. The summed E-state index contributed by atoms with van der Waals surface area (Å²) in [5.74, 6) is 0.161. The van der Waals surface area contributed by atoms with E-state index in [0.29, 0.717) is 12.2 Å². The van der Waals surface area contributed by atoms with Gasteiger partial charge in [-0.15, -0.1) is 0 Å². The van der Waals surface area contributed by atoms with Crippen molar-refractivity contribution in [2.45, 2.75) is 32.7 Å². The van der Waals surface area contributed by atoms with Crippen LogP contribution in [0.3, 0.4) is 0 Å². The summed E-state index contributed by atoms with van der Waals surface area (Å²) >= 11 is 0. The minimum absolute atomic E-state index is 0.222. The second-order valence-electron chi connectivity index (χ2n) is 6.29. The number of halogens is 1. The van der Waals surface area contributed by atoms with Crippen molar-refractivity contribution in [2.75, 3.05) is 5.73 Å². The molecule has 5 nitrogen and oxygen atoms in total. The van der Waals surface area contributed by atoms with Crippen LogP contribution in [0.5, 0.6) is 0 Å². The lowest BCUT2D eigenvalue weighted by molar-refractivity contribution is 0.363. The van der Waals surface area contributed by atoms with E-state index >= 15 is 0 Å². The van der Waals surface area contributed by atoms with Crippen LogP contribution in [0.4, 0.5) is 10.2 Å². The van der Waals surface area contributed by atoms with Crippen molar-refractivity contribution in [3.8, 4) is 0 Å². The van der Waals surface area contributed by atoms with Crippen molar-refractivity contribution in [3.05, 3.63) is 47.7 Å². The molecule has 114 valence electrons. The second-order valence-corrected chi connectivity index (χ2v) is 6.29. The van der Waals surface area contributed by atoms with E-state index in [2.05, 4.69) is 35.8 Å². The van der Waals surface area contributed by atoms with Crippen LogP contribution >= 0.6 is 0 Å². The van der Waals surface area contributed by atoms with Gasteiger partial charge in [0, 0.05) is 6.42 Å². The Morgan fingerprint density at radius 2 is 1.82 bits per heavy atom. The lowest BCUT2D eigenvalue weighted by atomic mass is 10.1. The van der Waals surface area contributed by atoms with Gasteiger partial charge < -0.3 is 5.73 Å². The molecule has 0 saturated heterocycles. The highest BCUT2D eigenvalue weighted by Gasteiger charge is 2.23. The standard InChI is InChI=1S/C16H18FN5/c1-16(2,3)22-15-13(14(18)19-9-20-15)12(21-22)8-10-4-6-11(17)7-5-10/h4-7,9H,8H2,1-3H3,(H2,18,19,20). The third kappa shape index (κ3) is 2.52. The summed E-state index contributed by atoms with van der Waals surface area (Å²) in [6.07, 6.45) is 2.00. The average Bonchev–Trinajstić information content (AvgIpc) is 2.82. The monoisotopic (exact) mass is 299 g/mol. The molecule has 0 atom stereocenters. The molecule has 3 rings (SSSR count). The van der Waals surface area contributed by atoms with Crippen LogP contribution in [-0.4, -0.2) is 19.7 Å². The van der Waals surface area contributed by atoms with Crippen molar-refractivity contribution in [1.29, 1.82) is 0 Å². The molecule has 0 unspecified atom stereocenters. The Morgan fingerprint density at radius 1 is 1.14 bits per heavy atom. The van der Waals surface area contributed by atoms with Gasteiger partial charge in [0.2, 0.25) is 0 Å². The molecular formula is C16H18FN5. The van der Waals surface area contributed by atoms with Crippen LogP contribution in [0, 0.1) is 5.82 Å². The maximum atomic E-state index is 13.0. The highest BCUT2D eigenvalue weighted by atomic mass is 19.1. The van der Waals surface area contributed by atoms with Crippen molar-refractivity contribution in [1.82, 2.24) is 19.7 Å². The molecule has 0 aliphatic heterocycles. The van der Waals surface area contributed by atoms with Crippen molar-refractivity contribution >= 4 is 16.9 Å². The largest absolute Gasteiger partial charge is 0.383 e.